The Kier molecular flexibility index (Phi) is 5.20. The number of halogens is 3. The topological polar surface area (TPSA) is 45.0 Å². The lowest BCUT2D eigenvalue weighted by molar-refractivity contribution is -0.572. The number of rotatable bonds is 2. The van der Waals surface area contributed by atoms with E-state index in [-0.39, 0.29) is 11.4 Å². The number of alkyl halides is 3. The van der Waals surface area contributed by atoms with E-state index >= 15 is 0 Å². The molecule has 2 aromatic rings. The van der Waals surface area contributed by atoms with Crippen LogP contribution in [0.15, 0.2) is 66.6 Å². The summed E-state index contributed by atoms with van der Waals surface area (Å²) >= 11 is 18.4. The molecular formula is C19H19Cl3N3O+. The van der Waals surface area contributed by atoms with Crippen LogP contribution in [0, 0.1) is 0 Å². The fraction of sp³-hybridized carbons (Fsp3) is 0.263. The number of hydrogen-bond acceptors (Lipinski definition) is 2. The van der Waals surface area contributed by atoms with Gasteiger partial charge in [-0.1, -0.05) is 72.9 Å². The maximum atomic E-state index is 12.5. The van der Waals surface area contributed by atoms with E-state index in [9.17, 15) is 4.79 Å². The summed E-state index contributed by atoms with van der Waals surface area (Å²) in [5.41, 5.74) is 2.73. The first-order valence-corrected chi connectivity index (χ1v) is 9.26. The van der Waals surface area contributed by atoms with Gasteiger partial charge in [-0.3, -0.25) is 0 Å². The fourth-order valence-corrected chi connectivity index (χ4v) is 3.31. The molecule has 1 aliphatic rings. The molecule has 1 aliphatic heterocycles. The second-order valence-corrected chi connectivity index (χ2v) is 9.00. The Morgan fingerprint density at radius 1 is 1.15 bits per heavy atom. The maximum absolute atomic E-state index is 12.5. The number of amides is 1. The molecule has 0 saturated heterocycles. The highest BCUT2D eigenvalue weighted by atomic mass is 35.6. The third kappa shape index (κ3) is 3.83. The standard InChI is InChI=1S/C19H18Cl3N3O/c1-18(2)13-8-4-5-9-14(13)23-15(18)12-16(19(20,21)22)24-17(26)25-10-6-3-7-11-25/h3-12,16,23H,1-2H3/p+1/b15-12-/t16-/m1/s1. The van der Waals surface area contributed by atoms with E-state index in [0.29, 0.717) is 0 Å². The third-order valence-electron chi connectivity index (χ3n) is 4.46. The fourth-order valence-electron chi connectivity index (χ4n) is 2.96. The van der Waals surface area contributed by atoms with E-state index in [1.165, 1.54) is 4.57 Å². The van der Waals surface area contributed by atoms with Crippen molar-refractivity contribution in [2.45, 2.75) is 29.1 Å². The third-order valence-corrected chi connectivity index (χ3v) is 5.16. The summed E-state index contributed by atoms with van der Waals surface area (Å²) in [4.78, 5) is 12.5. The first-order chi connectivity index (χ1) is 12.2. The van der Waals surface area contributed by atoms with Gasteiger partial charge in [0.25, 0.3) is 0 Å². The Morgan fingerprint density at radius 3 is 2.42 bits per heavy atom. The van der Waals surface area contributed by atoms with Crippen molar-refractivity contribution in [1.29, 1.82) is 0 Å². The highest BCUT2D eigenvalue weighted by molar-refractivity contribution is 6.68. The van der Waals surface area contributed by atoms with E-state index in [0.717, 1.165) is 16.9 Å². The molecule has 0 aliphatic carbocycles. The molecule has 0 unspecified atom stereocenters. The number of pyridine rings is 1. The van der Waals surface area contributed by atoms with Gasteiger partial charge in [0.2, 0.25) is 3.79 Å². The van der Waals surface area contributed by atoms with Gasteiger partial charge in [0, 0.05) is 16.8 Å². The van der Waals surface area contributed by atoms with Gasteiger partial charge in [-0.2, -0.15) is 9.36 Å². The lowest BCUT2D eigenvalue weighted by Crippen LogP contribution is -2.55. The average Bonchev–Trinajstić information content (AvgIpc) is 2.85. The molecule has 1 aromatic heterocycles. The van der Waals surface area contributed by atoms with Crippen molar-refractivity contribution < 1.29 is 9.36 Å². The summed E-state index contributed by atoms with van der Waals surface area (Å²) in [6.07, 6.45) is 5.03. The molecule has 0 saturated carbocycles. The number of allylic oxidation sites excluding steroid dienone is 1. The largest absolute Gasteiger partial charge is 0.496 e. The number of nitrogens with one attached hydrogen (secondary N) is 2. The molecule has 0 spiro atoms. The summed E-state index contributed by atoms with van der Waals surface area (Å²) in [6, 6.07) is 12.1. The van der Waals surface area contributed by atoms with Crippen LogP contribution in [0.1, 0.15) is 19.4 Å². The molecular weight excluding hydrogens is 393 g/mol. The zero-order valence-electron chi connectivity index (χ0n) is 14.3. The Hall–Kier alpha value is -1.75. The maximum Gasteiger partial charge on any atom is 0.496 e. The van der Waals surface area contributed by atoms with E-state index in [1.807, 2.05) is 24.3 Å². The molecule has 3 rings (SSSR count). The number of aromatic nitrogens is 1. The van der Waals surface area contributed by atoms with Crippen LogP contribution >= 0.6 is 34.8 Å². The molecule has 1 aromatic carbocycles. The number of benzene rings is 1. The normalized spacial score (nSPS) is 18.1. The van der Waals surface area contributed by atoms with Crippen LogP contribution in [0.25, 0.3) is 0 Å². The lowest BCUT2D eigenvalue weighted by atomic mass is 9.83. The molecule has 0 radical (unpaired) electrons. The second-order valence-electron chi connectivity index (χ2n) is 6.63. The van der Waals surface area contributed by atoms with Crippen LogP contribution in [-0.4, -0.2) is 15.9 Å². The molecule has 136 valence electrons. The van der Waals surface area contributed by atoms with Gasteiger partial charge in [0.1, 0.15) is 0 Å². The highest BCUT2D eigenvalue weighted by Gasteiger charge is 2.41. The first kappa shape index (κ1) is 19.0. The van der Waals surface area contributed by atoms with Gasteiger partial charge >= 0.3 is 6.03 Å². The predicted octanol–water partition coefficient (Wildman–Crippen LogP) is 4.56. The molecule has 1 atom stereocenters. The summed E-state index contributed by atoms with van der Waals surface area (Å²) in [5.74, 6) is 0. The first-order valence-electron chi connectivity index (χ1n) is 8.12. The molecule has 0 fully saturated rings. The zero-order chi connectivity index (χ0) is 18.9. The van der Waals surface area contributed by atoms with Crippen molar-refractivity contribution in [3.8, 4) is 0 Å². The summed E-state index contributed by atoms with van der Waals surface area (Å²) < 4.78 is -0.311. The van der Waals surface area contributed by atoms with Crippen LogP contribution in [-0.2, 0) is 5.41 Å². The SMILES string of the molecule is CC1(C)/C(=C/[C@@H](NC(=O)[n+]2ccccc2)C(Cl)(Cl)Cl)Nc2ccccc21. The number of hydrogen-bond donors (Lipinski definition) is 2. The number of anilines is 1. The van der Waals surface area contributed by atoms with Crippen molar-refractivity contribution in [3.63, 3.8) is 0 Å². The monoisotopic (exact) mass is 410 g/mol. The van der Waals surface area contributed by atoms with E-state index in [4.69, 9.17) is 34.8 Å². The lowest BCUT2D eigenvalue weighted by Gasteiger charge is -2.24. The number of carbonyl (C=O) groups excluding carboxylic acids is 1. The van der Waals surface area contributed by atoms with Gasteiger partial charge < -0.3 is 5.32 Å². The van der Waals surface area contributed by atoms with Crippen molar-refractivity contribution in [1.82, 2.24) is 5.32 Å². The van der Waals surface area contributed by atoms with Crippen LogP contribution in [0.3, 0.4) is 0 Å². The van der Waals surface area contributed by atoms with Crippen LogP contribution in [0.2, 0.25) is 0 Å². The van der Waals surface area contributed by atoms with Gasteiger partial charge in [0.15, 0.2) is 6.04 Å². The van der Waals surface area contributed by atoms with Gasteiger partial charge in [-0.15, -0.1) is 0 Å². The number of para-hydroxylation sites is 1. The number of fused-ring (bicyclic) bond motifs is 1. The molecule has 4 nitrogen and oxygen atoms in total. The van der Waals surface area contributed by atoms with Gasteiger partial charge in [-0.05, 0) is 29.8 Å². The summed E-state index contributed by atoms with van der Waals surface area (Å²) in [6.45, 7) is 4.17. The second kappa shape index (κ2) is 7.10. The predicted molar refractivity (Wildman–Crippen MR) is 106 cm³/mol. The highest BCUT2D eigenvalue weighted by Crippen LogP contribution is 2.44. The van der Waals surface area contributed by atoms with Crippen LogP contribution < -0.4 is 15.2 Å². The van der Waals surface area contributed by atoms with E-state index in [1.54, 1.807) is 30.6 Å². The minimum Gasteiger partial charge on any atom is -0.358 e. The average molecular weight is 412 g/mol. The molecule has 7 heteroatoms. The molecule has 2 N–H and O–H groups in total. The van der Waals surface area contributed by atoms with E-state index < -0.39 is 9.83 Å². The molecule has 2 heterocycles. The van der Waals surface area contributed by atoms with Crippen LogP contribution in [0.4, 0.5) is 10.5 Å². The molecule has 1 amide bonds. The quantitative estimate of drug-likeness (QED) is 0.562. The minimum atomic E-state index is -1.70. The molecule has 26 heavy (non-hydrogen) atoms. The van der Waals surface area contributed by atoms with Crippen molar-refractivity contribution in [2.75, 3.05) is 5.32 Å². The Morgan fingerprint density at radius 2 is 1.81 bits per heavy atom. The Balaban J connectivity index is 1.91. The van der Waals surface area contributed by atoms with Gasteiger partial charge in [0.05, 0.1) is 12.4 Å². The summed E-state index contributed by atoms with van der Waals surface area (Å²) in [5, 5.41) is 6.14. The van der Waals surface area contributed by atoms with Crippen molar-refractivity contribution in [3.05, 3.63) is 72.2 Å². The van der Waals surface area contributed by atoms with Gasteiger partial charge in [-0.25, -0.2) is 5.32 Å². The molecule has 0 bridgehead atoms. The zero-order valence-corrected chi connectivity index (χ0v) is 16.6. The Bertz CT molecular complexity index is 845. The summed E-state index contributed by atoms with van der Waals surface area (Å²) in [7, 11) is 0. The Labute approximate surface area is 167 Å². The smallest absolute Gasteiger partial charge is 0.358 e. The number of nitrogens with zero attached hydrogens (tertiary/aromatic N) is 1. The number of carbonyl (C=O) groups is 1. The van der Waals surface area contributed by atoms with Crippen LogP contribution in [0.5, 0.6) is 0 Å². The van der Waals surface area contributed by atoms with E-state index in [2.05, 4.69) is 30.5 Å². The van der Waals surface area contributed by atoms with Crippen molar-refractivity contribution in [2.24, 2.45) is 0 Å². The minimum absolute atomic E-state index is 0.296. The van der Waals surface area contributed by atoms with Crippen molar-refractivity contribution >= 4 is 46.5 Å².